The number of hydrogen-bond donors (Lipinski definition) is 2. The molecule has 2 unspecified atom stereocenters. The molecule has 0 bridgehead atoms. The van der Waals surface area contributed by atoms with Crippen LogP contribution in [0.4, 0.5) is 4.79 Å². The lowest BCUT2D eigenvalue weighted by Gasteiger charge is -2.39. The summed E-state index contributed by atoms with van der Waals surface area (Å²) in [6.45, 7) is 4.51. The van der Waals surface area contributed by atoms with Crippen molar-refractivity contribution in [2.24, 2.45) is 11.3 Å². The van der Waals surface area contributed by atoms with Crippen molar-refractivity contribution in [3.63, 3.8) is 0 Å². The van der Waals surface area contributed by atoms with Crippen LogP contribution in [0, 0.1) is 11.3 Å². The number of carbonyl (C=O) groups is 3. The van der Waals surface area contributed by atoms with Gasteiger partial charge in [0.2, 0.25) is 5.91 Å². The van der Waals surface area contributed by atoms with Gasteiger partial charge in [0.1, 0.15) is 6.04 Å². The molecule has 0 radical (unpaired) electrons. The predicted molar refractivity (Wildman–Crippen MR) is 75.5 cm³/mol. The molecule has 6 nitrogen and oxygen atoms in total. The highest BCUT2D eigenvalue weighted by molar-refractivity contribution is 8.14. The molecule has 0 aromatic rings. The summed E-state index contributed by atoms with van der Waals surface area (Å²) in [4.78, 5) is 36.5. The number of amides is 2. The van der Waals surface area contributed by atoms with Crippen LogP contribution in [0.2, 0.25) is 0 Å². The fourth-order valence-electron chi connectivity index (χ4n) is 2.68. The van der Waals surface area contributed by atoms with Gasteiger partial charge in [-0.1, -0.05) is 11.8 Å². The monoisotopic (exact) mass is 300 g/mol. The average molecular weight is 300 g/mol. The minimum Gasteiger partial charge on any atom is -0.481 e. The zero-order valence-electron chi connectivity index (χ0n) is 11.7. The van der Waals surface area contributed by atoms with Gasteiger partial charge in [-0.25, -0.2) is 0 Å². The van der Waals surface area contributed by atoms with E-state index < -0.39 is 17.4 Å². The highest BCUT2D eigenvalue weighted by Gasteiger charge is 2.41. The number of piperidine rings is 1. The highest BCUT2D eigenvalue weighted by atomic mass is 32.2. The largest absolute Gasteiger partial charge is 0.481 e. The Balaban J connectivity index is 2.02. The van der Waals surface area contributed by atoms with Gasteiger partial charge in [0.05, 0.1) is 5.41 Å². The first-order valence-corrected chi connectivity index (χ1v) is 7.76. The molecule has 112 valence electrons. The van der Waals surface area contributed by atoms with Crippen LogP contribution in [-0.2, 0) is 9.59 Å². The van der Waals surface area contributed by atoms with Crippen molar-refractivity contribution >= 4 is 28.9 Å². The molecule has 0 spiro atoms. The molecule has 2 aliphatic heterocycles. The molecular weight excluding hydrogens is 280 g/mol. The molecule has 2 aliphatic rings. The van der Waals surface area contributed by atoms with Gasteiger partial charge in [-0.3, -0.25) is 14.4 Å². The summed E-state index contributed by atoms with van der Waals surface area (Å²) in [5.41, 5.74) is -0.841. The first kappa shape index (κ1) is 15.2. The molecule has 7 heteroatoms. The number of carboxylic acid groups (broad SMARTS) is 1. The SMILES string of the molecule is CC(C)(C(=O)O)C1CCCN(C(=O)C2CSC(=O)N2)C1. The van der Waals surface area contributed by atoms with Crippen LogP contribution < -0.4 is 5.32 Å². The summed E-state index contributed by atoms with van der Waals surface area (Å²) in [7, 11) is 0. The minimum absolute atomic E-state index is 0.0533. The van der Waals surface area contributed by atoms with E-state index >= 15 is 0 Å². The van der Waals surface area contributed by atoms with E-state index in [4.69, 9.17) is 0 Å². The summed E-state index contributed by atoms with van der Waals surface area (Å²) in [6, 6.07) is -0.459. The number of hydrogen-bond acceptors (Lipinski definition) is 4. The lowest BCUT2D eigenvalue weighted by molar-refractivity contribution is -0.153. The fraction of sp³-hybridized carbons (Fsp3) is 0.769. The number of carbonyl (C=O) groups excluding carboxylic acids is 2. The standard InChI is InChI=1S/C13H20N2O4S/c1-13(2,11(17)18)8-4-3-5-15(6-8)10(16)9-7-20-12(19)14-9/h8-9H,3-7H2,1-2H3,(H,14,19)(H,17,18). The number of rotatable bonds is 3. The summed E-state index contributed by atoms with van der Waals surface area (Å²) in [5.74, 6) is -0.514. The third kappa shape index (κ3) is 2.92. The van der Waals surface area contributed by atoms with Crippen molar-refractivity contribution in [1.82, 2.24) is 10.2 Å². The first-order valence-electron chi connectivity index (χ1n) is 6.78. The zero-order valence-corrected chi connectivity index (χ0v) is 12.5. The van der Waals surface area contributed by atoms with Crippen molar-refractivity contribution in [2.75, 3.05) is 18.8 Å². The molecule has 2 fully saturated rings. The van der Waals surface area contributed by atoms with E-state index in [0.29, 0.717) is 18.8 Å². The van der Waals surface area contributed by atoms with Gasteiger partial charge in [0, 0.05) is 18.8 Å². The Kier molecular flexibility index (Phi) is 4.27. The molecule has 2 saturated heterocycles. The Bertz CT molecular complexity index is 438. The number of nitrogens with one attached hydrogen (secondary N) is 1. The Morgan fingerprint density at radius 1 is 1.45 bits per heavy atom. The van der Waals surface area contributed by atoms with Crippen molar-refractivity contribution in [1.29, 1.82) is 0 Å². The Hall–Kier alpha value is -1.24. The smallest absolute Gasteiger partial charge is 0.309 e. The second-order valence-electron chi connectivity index (χ2n) is 5.95. The Morgan fingerprint density at radius 2 is 2.15 bits per heavy atom. The van der Waals surface area contributed by atoms with Crippen LogP contribution in [0.15, 0.2) is 0 Å². The minimum atomic E-state index is -0.841. The van der Waals surface area contributed by atoms with E-state index in [9.17, 15) is 19.5 Å². The normalized spacial score (nSPS) is 27.3. The van der Waals surface area contributed by atoms with Gasteiger partial charge in [0.15, 0.2) is 0 Å². The number of thioether (sulfide) groups is 1. The molecular formula is C13H20N2O4S. The van der Waals surface area contributed by atoms with Crippen molar-refractivity contribution in [2.45, 2.75) is 32.7 Å². The second-order valence-corrected chi connectivity index (χ2v) is 6.94. The van der Waals surface area contributed by atoms with Crippen LogP contribution in [0.5, 0.6) is 0 Å². The van der Waals surface area contributed by atoms with E-state index in [0.717, 1.165) is 24.6 Å². The van der Waals surface area contributed by atoms with E-state index in [-0.39, 0.29) is 17.1 Å². The van der Waals surface area contributed by atoms with Crippen LogP contribution in [-0.4, -0.2) is 52.0 Å². The molecule has 2 heterocycles. The Labute approximate surface area is 122 Å². The van der Waals surface area contributed by atoms with E-state index in [1.165, 1.54) is 0 Å². The zero-order chi connectivity index (χ0) is 14.9. The molecule has 0 aromatic carbocycles. The lowest BCUT2D eigenvalue weighted by atomic mass is 9.74. The van der Waals surface area contributed by atoms with Gasteiger partial charge in [-0.15, -0.1) is 0 Å². The van der Waals surface area contributed by atoms with Crippen molar-refractivity contribution in [3.05, 3.63) is 0 Å². The predicted octanol–water partition coefficient (Wildman–Crippen LogP) is 1.16. The average Bonchev–Trinajstić information content (AvgIpc) is 2.84. The van der Waals surface area contributed by atoms with E-state index in [2.05, 4.69) is 5.32 Å². The number of aliphatic carboxylic acids is 1. The van der Waals surface area contributed by atoms with Gasteiger partial charge in [-0.2, -0.15) is 0 Å². The maximum atomic E-state index is 12.3. The number of nitrogens with zero attached hydrogens (tertiary/aromatic N) is 1. The lowest BCUT2D eigenvalue weighted by Crippen LogP contribution is -2.52. The van der Waals surface area contributed by atoms with E-state index in [1.54, 1.807) is 18.7 Å². The Morgan fingerprint density at radius 3 is 2.70 bits per heavy atom. The topological polar surface area (TPSA) is 86.7 Å². The van der Waals surface area contributed by atoms with Crippen LogP contribution in [0.1, 0.15) is 26.7 Å². The van der Waals surface area contributed by atoms with Crippen molar-refractivity contribution < 1.29 is 19.5 Å². The maximum Gasteiger partial charge on any atom is 0.309 e. The molecule has 0 aliphatic carbocycles. The van der Waals surface area contributed by atoms with Crippen LogP contribution in [0.3, 0.4) is 0 Å². The number of carboxylic acids is 1. The molecule has 2 N–H and O–H groups in total. The fourth-order valence-corrected chi connectivity index (χ4v) is 3.45. The van der Waals surface area contributed by atoms with Gasteiger partial charge in [-0.05, 0) is 32.6 Å². The van der Waals surface area contributed by atoms with Gasteiger partial charge >= 0.3 is 5.97 Å². The van der Waals surface area contributed by atoms with Gasteiger partial charge < -0.3 is 15.3 Å². The summed E-state index contributed by atoms with van der Waals surface area (Å²) in [6.07, 6.45) is 1.62. The summed E-state index contributed by atoms with van der Waals surface area (Å²) < 4.78 is 0. The van der Waals surface area contributed by atoms with Gasteiger partial charge in [0.25, 0.3) is 5.24 Å². The third-order valence-electron chi connectivity index (χ3n) is 4.28. The molecule has 2 rings (SSSR count). The van der Waals surface area contributed by atoms with Crippen LogP contribution in [0.25, 0.3) is 0 Å². The third-order valence-corrected chi connectivity index (χ3v) is 5.16. The first-order chi connectivity index (χ1) is 9.32. The summed E-state index contributed by atoms with van der Waals surface area (Å²) >= 11 is 1.12. The molecule has 0 saturated carbocycles. The molecule has 20 heavy (non-hydrogen) atoms. The molecule has 2 amide bonds. The maximum absolute atomic E-state index is 12.3. The molecule has 2 atom stereocenters. The number of likely N-dealkylation sites (tertiary alicyclic amines) is 1. The van der Waals surface area contributed by atoms with Crippen molar-refractivity contribution in [3.8, 4) is 0 Å². The van der Waals surface area contributed by atoms with E-state index in [1.807, 2.05) is 0 Å². The molecule has 0 aromatic heterocycles. The van der Waals surface area contributed by atoms with Crippen LogP contribution >= 0.6 is 11.8 Å². The summed E-state index contributed by atoms with van der Waals surface area (Å²) in [5, 5.41) is 11.8. The second kappa shape index (κ2) is 5.63. The highest BCUT2D eigenvalue weighted by Crippen LogP contribution is 2.34. The quantitative estimate of drug-likeness (QED) is 0.817.